The van der Waals surface area contributed by atoms with Crippen molar-refractivity contribution in [3.63, 3.8) is 0 Å². The summed E-state index contributed by atoms with van der Waals surface area (Å²) in [5, 5.41) is 14.2. The predicted molar refractivity (Wildman–Crippen MR) is 88.9 cm³/mol. The zero-order valence-electron chi connectivity index (χ0n) is 14.2. The van der Waals surface area contributed by atoms with E-state index in [0.717, 1.165) is 11.1 Å². The largest absolute Gasteiger partial charge is 0.481 e. The van der Waals surface area contributed by atoms with E-state index in [4.69, 9.17) is 5.11 Å². The van der Waals surface area contributed by atoms with Crippen molar-refractivity contribution in [2.45, 2.75) is 39.7 Å². The van der Waals surface area contributed by atoms with E-state index in [9.17, 15) is 9.59 Å². The Kier molecular flexibility index (Phi) is 4.26. The molecule has 1 saturated heterocycles. The first-order valence-electron chi connectivity index (χ1n) is 8.25. The molecule has 3 rings (SSSR count). The lowest BCUT2D eigenvalue weighted by molar-refractivity contribution is -0.143. The van der Waals surface area contributed by atoms with E-state index >= 15 is 0 Å². The number of carboxylic acid groups (broad SMARTS) is 1. The van der Waals surface area contributed by atoms with Crippen LogP contribution in [-0.4, -0.2) is 49.7 Å². The average Bonchev–Trinajstić information content (AvgIpc) is 2.97. The normalized spacial score (nSPS) is 16.1. The van der Waals surface area contributed by atoms with Gasteiger partial charge in [0.2, 0.25) is 0 Å². The SMILES string of the molecule is Cc1cc(C(=O)N2CCC(C(=O)O)CC2)c2cnn(C(C)C)c2n1. The number of aryl methyl sites for hydroxylation is 1. The lowest BCUT2D eigenvalue weighted by Crippen LogP contribution is -2.40. The van der Waals surface area contributed by atoms with E-state index < -0.39 is 5.97 Å². The van der Waals surface area contributed by atoms with E-state index in [1.165, 1.54) is 0 Å². The van der Waals surface area contributed by atoms with Crippen LogP contribution in [0.5, 0.6) is 0 Å². The average molecular weight is 330 g/mol. The second-order valence-electron chi connectivity index (χ2n) is 6.64. The number of amides is 1. The van der Waals surface area contributed by atoms with Crippen molar-refractivity contribution in [2.24, 2.45) is 5.92 Å². The summed E-state index contributed by atoms with van der Waals surface area (Å²) >= 11 is 0. The van der Waals surface area contributed by atoms with Gasteiger partial charge < -0.3 is 10.0 Å². The van der Waals surface area contributed by atoms with Gasteiger partial charge in [0, 0.05) is 24.8 Å². The van der Waals surface area contributed by atoms with Crippen LogP contribution in [-0.2, 0) is 4.79 Å². The van der Waals surface area contributed by atoms with Gasteiger partial charge in [-0.25, -0.2) is 9.67 Å². The lowest BCUT2D eigenvalue weighted by Gasteiger charge is -2.30. The van der Waals surface area contributed by atoms with Crippen molar-refractivity contribution in [2.75, 3.05) is 13.1 Å². The van der Waals surface area contributed by atoms with Crippen molar-refractivity contribution in [1.29, 1.82) is 0 Å². The Balaban J connectivity index is 1.92. The molecule has 1 fully saturated rings. The van der Waals surface area contributed by atoms with Gasteiger partial charge in [-0.2, -0.15) is 5.10 Å². The number of carboxylic acids is 1. The number of likely N-dealkylation sites (tertiary alicyclic amines) is 1. The van der Waals surface area contributed by atoms with Crippen molar-refractivity contribution in [1.82, 2.24) is 19.7 Å². The number of nitrogens with zero attached hydrogens (tertiary/aromatic N) is 4. The van der Waals surface area contributed by atoms with Crippen molar-refractivity contribution in [3.05, 3.63) is 23.5 Å². The van der Waals surface area contributed by atoms with Crippen molar-refractivity contribution >= 4 is 22.9 Å². The molecule has 0 saturated carbocycles. The van der Waals surface area contributed by atoms with E-state index in [2.05, 4.69) is 10.1 Å². The molecule has 0 radical (unpaired) electrons. The Morgan fingerprint density at radius 1 is 1.29 bits per heavy atom. The molecule has 3 heterocycles. The first-order chi connectivity index (χ1) is 11.4. The molecule has 0 aliphatic carbocycles. The number of pyridine rings is 1. The number of carbonyl (C=O) groups is 2. The molecule has 0 aromatic carbocycles. The number of aliphatic carboxylic acids is 1. The Morgan fingerprint density at radius 3 is 2.54 bits per heavy atom. The second kappa shape index (κ2) is 6.22. The van der Waals surface area contributed by atoms with Crippen molar-refractivity contribution in [3.8, 4) is 0 Å². The van der Waals surface area contributed by atoms with Crippen molar-refractivity contribution < 1.29 is 14.7 Å². The molecule has 128 valence electrons. The summed E-state index contributed by atoms with van der Waals surface area (Å²) in [6.45, 7) is 6.85. The maximum atomic E-state index is 12.9. The fourth-order valence-electron chi connectivity index (χ4n) is 3.20. The minimum absolute atomic E-state index is 0.0716. The molecule has 2 aromatic rings. The molecular formula is C17H22N4O3. The third-order valence-corrected chi connectivity index (χ3v) is 4.55. The van der Waals surface area contributed by atoms with E-state index in [0.29, 0.717) is 37.1 Å². The van der Waals surface area contributed by atoms with Crippen LogP contribution in [0.25, 0.3) is 11.0 Å². The van der Waals surface area contributed by atoms with E-state index in [1.807, 2.05) is 25.5 Å². The topological polar surface area (TPSA) is 88.3 Å². The maximum absolute atomic E-state index is 12.9. The first kappa shape index (κ1) is 16.4. The molecular weight excluding hydrogens is 308 g/mol. The molecule has 1 aliphatic rings. The highest BCUT2D eigenvalue weighted by molar-refractivity contribution is 6.05. The predicted octanol–water partition coefficient (Wildman–Crippen LogP) is 2.26. The first-order valence-corrected chi connectivity index (χ1v) is 8.25. The third kappa shape index (κ3) is 2.86. The van der Waals surface area contributed by atoms with Crippen LogP contribution in [0.2, 0.25) is 0 Å². The van der Waals surface area contributed by atoms with Crippen LogP contribution >= 0.6 is 0 Å². The molecule has 1 aliphatic heterocycles. The highest BCUT2D eigenvalue weighted by Crippen LogP contribution is 2.24. The summed E-state index contributed by atoms with van der Waals surface area (Å²) in [7, 11) is 0. The summed E-state index contributed by atoms with van der Waals surface area (Å²) in [5.74, 6) is -1.20. The minimum atomic E-state index is -0.776. The Labute approximate surface area is 140 Å². The lowest BCUT2D eigenvalue weighted by atomic mass is 9.96. The number of piperidine rings is 1. The number of aromatic nitrogens is 3. The second-order valence-corrected chi connectivity index (χ2v) is 6.64. The fourth-order valence-corrected chi connectivity index (χ4v) is 3.20. The van der Waals surface area contributed by atoms with Gasteiger partial charge >= 0.3 is 5.97 Å². The van der Waals surface area contributed by atoms with Crippen LogP contribution < -0.4 is 0 Å². The number of hydrogen-bond donors (Lipinski definition) is 1. The zero-order valence-corrected chi connectivity index (χ0v) is 14.2. The van der Waals surface area contributed by atoms with E-state index in [1.54, 1.807) is 17.2 Å². The zero-order chi connectivity index (χ0) is 17.4. The Hall–Kier alpha value is -2.44. The quantitative estimate of drug-likeness (QED) is 0.932. The number of hydrogen-bond acceptors (Lipinski definition) is 4. The van der Waals surface area contributed by atoms with Crippen LogP contribution in [0, 0.1) is 12.8 Å². The molecule has 0 spiro atoms. The van der Waals surface area contributed by atoms with Gasteiger partial charge in [0.25, 0.3) is 5.91 Å². The Bertz CT molecular complexity index is 788. The van der Waals surface area contributed by atoms with Gasteiger partial charge in [-0.3, -0.25) is 9.59 Å². The number of carbonyl (C=O) groups excluding carboxylic acids is 1. The molecule has 0 unspecified atom stereocenters. The smallest absolute Gasteiger partial charge is 0.306 e. The monoisotopic (exact) mass is 330 g/mol. The van der Waals surface area contributed by atoms with Gasteiger partial charge in [-0.1, -0.05) is 0 Å². The van der Waals surface area contributed by atoms with Gasteiger partial charge in [-0.05, 0) is 39.7 Å². The maximum Gasteiger partial charge on any atom is 0.306 e. The molecule has 2 aromatic heterocycles. The highest BCUT2D eigenvalue weighted by atomic mass is 16.4. The van der Waals surface area contributed by atoms with Crippen LogP contribution in [0.1, 0.15) is 48.8 Å². The van der Waals surface area contributed by atoms with Crippen LogP contribution in [0.3, 0.4) is 0 Å². The summed E-state index contributed by atoms with van der Waals surface area (Å²) in [6, 6.07) is 1.95. The standard InChI is InChI=1S/C17H22N4O3/c1-10(2)21-15-14(9-18-21)13(8-11(3)19-15)16(22)20-6-4-12(5-7-20)17(23)24/h8-10,12H,4-7H2,1-3H3,(H,23,24). The van der Waals surface area contributed by atoms with Crippen LogP contribution in [0.4, 0.5) is 0 Å². The minimum Gasteiger partial charge on any atom is -0.481 e. The van der Waals surface area contributed by atoms with E-state index in [-0.39, 0.29) is 17.9 Å². The van der Waals surface area contributed by atoms with Gasteiger partial charge in [0.1, 0.15) is 0 Å². The summed E-state index contributed by atoms with van der Waals surface area (Å²) in [4.78, 5) is 30.3. The molecule has 1 amide bonds. The summed E-state index contributed by atoms with van der Waals surface area (Å²) in [6.07, 6.45) is 2.69. The number of rotatable bonds is 3. The van der Waals surface area contributed by atoms with Gasteiger partial charge in [-0.15, -0.1) is 0 Å². The molecule has 7 heteroatoms. The summed E-state index contributed by atoms with van der Waals surface area (Å²) < 4.78 is 1.82. The van der Waals surface area contributed by atoms with Gasteiger partial charge in [0.05, 0.1) is 23.1 Å². The molecule has 24 heavy (non-hydrogen) atoms. The molecule has 0 atom stereocenters. The fraction of sp³-hybridized carbons (Fsp3) is 0.529. The van der Waals surface area contributed by atoms with Gasteiger partial charge in [0.15, 0.2) is 5.65 Å². The Morgan fingerprint density at radius 2 is 1.96 bits per heavy atom. The third-order valence-electron chi connectivity index (χ3n) is 4.55. The molecule has 0 bridgehead atoms. The molecule has 1 N–H and O–H groups in total. The molecule has 7 nitrogen and oxygen atoms in total. The highest BCUT2D eigenvalue weighted by Gasteiger charge is 2.29. The summed E-state index contributed by atoms with van der Waals surface area (Å²) in [5.41, 5.74) is 2.08. The number of fused-ring (bicyclic) bond motifs is 1. The van der Waals surface area contributed by atoms with Crippen LogP contribution in [0.15, 0.2) is 12.3 Å².